The number of alkyl halides is 1. The molecule has 1 aromatic carbocycles. The van der Waals surface area contributed by atoms with Crippen LogP contribution in [0.4, 0.5) is 5.69 Å². The minimum absolute atomic E-state index is 0.0834. The molecule has 1 heterocycles. The maximum atomic E-state index is 11.4. The predicted molar refractivity (Wildman–Crippen MR) is 70.8 cm³/mol. The first-order valence-corrected chi connectivity index (χ1v) is 6.49. The van der Waals surface area contributed by atoms with Gasteiger partial charge in [-0.3, -0.25) is 4.79 Å². The molecule has 1 aliphatic heterocycles. The van der Waals surface area contributed by atoms with E-state index < -0.39 is 0 Å². The van der Waals surface area contributed by atoms with Gasteiger partial charge in [0, 0.05) is 18.1 Å². The number of hydrogen-bond donors (Lipinski definition) is 1. The van der Waals surface area contributed by atoms with Crippen molar-refractivity contribution < 1.29 is 14.3 Å². The van der Waals surface area contributed by atoms with Crippen molar-refractivity contribution >= 4 is 23.2 Å². The zero-order valence-electron chi connectivity index (χ0n) is 10.5. The van der Waals surface area contributed by atoms with Gasteiger partial charge in [0.2, 0.25) is 5.91 Å². The molecule has 0 spiro atoms. The van der Waals surface area contributed by atoms with Crippen LogP contribution < -0.4 is 14.8 Å². The lowest BCUT2D eigenvalue weighted by Crippen LogP contribution is -2.13. The Morgan fingerprint density at radius 1 is 1.61 bits per heavy atom. The molecule has 18 heavy (non-hydrogen) atoms. The molecule has 0 bridgehead atoms. The van der Waals surface area contributed by atoms with Crippen LogP contribution in [-0.2, 0) is 11.2 Å². The third kappa shape index (κ3) is 2.70. The van der Waals surface area contributed by atoms with Crippen LogP contribution in [0.2, 0.25) is 0 Å². The molecule has 4 nitrogen and oxygen atoms in total. The first-order chi connectivity index (χ1) is 8.63. The molecule has 98 valence electrons. The van der Waals surface area contributed by atoms with Gasteiger partial charge in [-0.1, -0.05) is 0 Å². The molecule has 0 fully saturated rings. The molecular formula is C13H16ClNO3. The maximum Gasteiger partial charge on any atom is 0.239 e. The van der Waals surface area contributed by atoms with Gasteiger partial charge in [-0.05, 0) is 19.9 Å². The van der Waals surface area contributed by atoms with Gasteiger partial charge in [-0.25, -0.2) is 0 Å². The smallest absolute Gasteiger partial charge is 0.239 e. The van der Waals surface area contributed by atoms with Crippen LogP contribution in [0.5, 0.6) is 11.5 Å². The van der Waals surface area contributed by atoms with Crippen molar-refractivity contribution in [1.82, 2.24) is 0 Å². The SMILES string of the molecule is CCOc1cc2c(cc1NC(=O)CCl)OC(C)C2. The summed E-state index contributed by atoms with van der Waals surface area (Å²) in [5.41, 5.74) is 1.71. The Morgan fingerprint density at radius 3 is 3.06 bits per heavy atom. The number of anilines is 1. The maximum absolute atomic E-state index is 11.4. The molecule has 1 unspecified atom stereocenters. The zero-order chi connectivity index (χ0) is 13.1. The second kappa shape index (κ2) is 5.48. The molecule has 2 rings (SSSR count). The number of hydrogen-bond acceptors (Lipinski definition) is 3. The number of rotatable bonds is 4. The Balaban J connectivity index is 2.31. The molecule has 1 aliphatic rings. The summed E-state index contributed by atoms with van der Waals surface area (Å²) in [5.74, 6) is 1.12. The van der Waals surface area contributed by atoms with Crippen molar-refractivity contribution in [1.29, 1.82) is 0 Å². The van der Waals surface area contributed by atoms with Crippen molar-refractivity contribution in [3.05, 3.63) is 17.7 Å². The van der Waals surface area contributed by atoms with Gasteiger partial charge >= 0.3 is 0 Å². The van der Waals surface area contributed by atoms with E-state index in [0.717, 1.165) is 17.7 Å². The summed E-state index contributed by atoms with van der Waals surface area (Å²) in [6, 6.07) is 3.72. The van der Waals surface area contributed by atoms with Gasteiger partial charge in [0.1, 0.15) is 23.5 Å². The van der Waals surface area contributed by atoms with E-state index in [1.807, 2.05) is 19.9 Å². The zero-order valence-corrected chi connectivity index (χ0v) is 11.2. The fourth-order valence-electron chi connectivity index (χ4n) is 2.00. The van der Waals surface area contributed by atoms with Crippen LogP contribution in [0.3, 0.4) is 0 Å². The van der Waals surface area contributed by atoms with Crippen molar-refractivity contribution in [3.63, 3.8) is 0 Å². The Hall–Kier alpha value is -1.42. The molecule has 1 atom stereocenters. The highest BCUT2D eigenvalue weighted by Gasteiger charge is 2.22. The van der Waals surface area contributed by atoms with E-state index in [9.17, 15) is 4.79 Å². The van der Waals surface area contributed by atoms with E-state index >= 15 is 0 Å². The fourth-order valence-corrected chi connectivity index (χ4v) is 2.06. The summed E-state index contributed by atoms with van der Waals surface area (Å²) in [4.78, 5) is 11.4. The molecule has 1 amide bonds. The lowest BCUT2D eigenvalue weighted by molar-refractivity contribution is -0.113. The molecule has 0 radical (unpaired) electrons. The van der Waals surface area contributed by atoms with E-state index in [4.69, 9.17) is 21.1 Å². The standard InChI is InChI=1S/C13H16ClNO3/c1-3-17-12-5-9-4-8(2)18-11(9)6-10(12)15-13(16)7-14/h5-6,8H,3-4,7H2,1-2H3,(H,15,16). The highest BCUT2D eigenvalue weighted by Crippen LogP contribution is 2.37. The highest BCUT2D eigenvalue weighted by atomic mass is 35.5. The number of carbonyl (C=O) groups is 1. The molecular weight excluding hydrogens is 254 g/mol. The fraction of sp³-hybridized carbons (Fsp3) is 0.462. The second-order valence-corrected chi connectivity index (χ2v) is 4.47. The summed E-state index contributed by atoms with van der Waals surface area (Å²) in [6.45, 7) is 4.45. The normalized spacial score (nSPS) is 16.9. The molecule has 1 N–H and O–H groups in total. The van der Waals surface area contributed by atoms with E-state index in [2.05, 4.69) is 5.32 Å². The Kier molecular flexibility index (Phi) is 3.97. The van der Waals surface area contributed by atoms with Gasteiger partial charge in [-0.15, -0.1) is 11.6 Å². The van der Waals surface area contributed by atoms with Gasteiger partial charge in [0.15, 0.2) is 0 Å². The van der Waals surface area contributed by atoms with Gasteiger partial charge in [0.05, 0.1) is 12.3 Å². The summed E-state index contributed by atoms with van der Waals surface area (Å²) in [5, 5.41) is 2.71. The van der Waals surface area contributed by atoms with Gasteiger partial charge in [0.25, 0.3) is 0 Å². The summed E-state index contributed by atoms with van der Waals surface area (Å²) >= 11 is 5.49. The Labute approximate surface area is 111 Å². The van der Waals surface area contributed by atoms with Crippen LogP contribution in [-0.4, -0.2) is 24.5 Å². The third-order valence-corrected chi connectivity index (χ3v) is 2.94. The number of carbonyl (C=O) groups excluding carboxylic acids is 1. The average molecular weight is 270 g/mol. The predicted octanol–water partition coefficient (Wildman–Crippen LogP) is 2.59. The number of ether oxygens (including phenoxy) is 2. The van der Waals surface area contributed by atoms with Crippen molar-refractivity contribution in [2.75, 3.05) is 17.8 Å². The van der Waals surface area contributed by atoms with Crippen molar-refractivity contribution in [3.8, 4) is 11.5 Å². The number of amides is 1. The largest absolute Gasteiger partial charge is 0.492 e. The van der Waals surface area contributed by atoms with Gasteiger partial charge in [-0.2, -0.15) is 0 Å². The monoisotopic (exact) mass is 269 g/mol. The van der Waals surface area contributed by atoms with Crippen molar-refractivity contribution in [2.45, 2.75) is 26.4 Å². The van der Waals surface area contributed by atoms with Gasteiger partial charge < -0.3 is 14.8 Å². The second-order valence-electron chi connectivity index (χ2n) is 4.20. The molecule has 0 aliphatic carbocycles. The molecule has 0 saturated carbocycles. The van der Waals surface area contributed by atoms with Crippen LogP contribution in [0.15, 0.2) is 12.1 Å². The lowest BCUT2D eigenvalue weighted by atomic mass is 10.1. The minimum Gasteiger partial charge on any atom is -0.492 e. The molecule has 0 saturated heterocycles. The Morgan fingerprint density at radius 2 is 2.39 bits per heavy atom. The summed E-state index contributed by atoms with van der Waals surface area (Å²) in [7, 11) is 0. The van der Waals surface area contributed by atoms with Crippen LogP contribution >= 0.6 is 11.6 Å². The lowest BCUT2D eigenvalue weighted by Gasteiger charge is -2.12. The first kappa shape index (κ1) is 13.0. The van der Waals surface area contributed by atoms with Crippen molar-refractivity contribution in [2.24, 2.45) is 0 Å². The molecule has 0 aromatic heterocycles. The third-order valence-electron chi connectivity index (χ3n) is 2.69. The minimum atomic E-state index is -0.261. The number of nitrogens with one attached hydrogen (secondary N) is 1. The van der Waals surface area contributed by atoms with E-state index in [1.54, 1.807) is 6.07 Å². The van der Waals surface area contributed by atoms with Crippen LogP contribution in [0.1, 0.15) is 19.4 Å². The van der Waals surface area contributed by atoms with E-state index in [-0.39, 0.29) is 17.9 Å². The first-order valence-electron chi connectivity index (χ1n) is 5.96. The highest BCUT2D eigenvalue weighted by molar-refractivity contribution is 6.29. The number of halogens is 1. The topological polar surface area (TPSA) is 47.6 Å². The Bertz CT molecular complexity index is 462. The number of fused-ring (bicyclic) bond motifs is 1. The van der Waals surface area contributed by atoms with Crippen LogP contribution in [0, 0.1) is 0 Å². The molecule has 5 heteroatoms. The molecule has 1 aromatic rings. The summed E-state index contributed by atoms with van der Waals surface area (Å²) in [6.07, 6.45) is 1.02. The number of benzene rings is 1. The summed E-state index contributed by atoms with van der Waals surface area (Å²) < 4.78 is 11.2. The average Bonchev–Trinajstić information content (AvgIpc) is 2.69. The van der Waals surface area contributed by atoms with E-state index in [0.29, 0.717) is 18.0 Å². The van der Waals surface area contributed by atoms with Crippen LogP contribution in [0.25, 0.3) is 0 Å². The quantitative estimate of drug-likeness (QED) is 0.855. The van der Waals surface area contributed by atoms with E-state index in [1.165, 1.54) is 0 Å².